The molecule has 0 bridgehead atoms. The van der Waals surface area contributed by atoms with Gasteiger partial charge in [-0.25, -0.2) is 0 Å². The van der Waals surface area contributed by atoms with Gasteiger partial charge in [-0.05, 0) is 35.5 Å². The Bertz CT molecular complexity index is 853. The van der Waals surface area contributed by atoms with Gasteiger partial charge in [-0.1, -0.05) is 23.4 Å². The van der Waals surface area contributed by atoms with Crippen LogP contribution in [0.1, 0.15) is 0 Å². The van der Waals surface area contributed by atoms with Gasteiger partial charge in [-0.15, -0.1) is 11.3 Å². The molecule has 0 fully saturated rings. The first-order valence-corrected chi connectivity index (χ1v) is 7.94. The number of H-pyrrole nitrogens is 1. The van der Waals surface area contributed by atoms with Gasteiger partial charge in [0.25, 0.3) is 0 Å². The number of nitrogens with one attached hydrogen (secondary N) is 2. The van der Waals surface area contributed by atoms with Crippen molar-refractivity contribution in [1.82, 2.24) is 15.1 Å². The average molecular weight is 314 g/mol. The van der Waals surface area contributed by atoms with Crippen molar-refractivity contribution in [2.45, 2.75) is 4.21 Å². The number of thiophene rings is 1. The van der Waals surface area contributed by atoms with Crippen molar-refractivity contribution in [1.29, 1.82) is 0 Å². The first-order valence-electron chi connectivity index (χ1n) is 6.25. The van der Waals surface area contributed by atoms with Crippen molar-refractivity contribution in [2.75, 3.05) is 4.72 Å². The quantitative estimate of drug-likeness (QED) is 0.547. The van der Waals surface area contributed by atoms with Gasteiger partial charge >= 0.3 is 0 Å². The molecular weight excluding hydrogens is 304 g/mol. The van der Waals surface area contributed by atoms with Crippen molar-refractivity contribution in [3.05, 3.63) is 48.2 Å². The molecule has 0 amide bonds. The summed E-state index contributed by atoms with van der Waals surface area (Å²) in [5.41, 5.74) is 2.90. The first kappa shape index (κ1) is 12.5. The van der Waals surface area contributed by atoms with E-state index in [0.717, 1.165) is 22.3 Å². The zero-order chi connectivity index (χ0) is 14.1. The largest absolute Gasteiger partial charge is 0.350 e. The number of nitrogens with zero attached hydrogens (tertiary/aromatic N) is 2. The Morgan fingerprint density at radius 2 is 2.24 bits per heavy atom. The molecule has 0 aliphatic heterocycles. The van der Waals surface area contributed by atoms with Gasteiger partial charge in [0, 0.05) is 5.39 Å². The molecule has 0 radical (unpaired) electrons. The van der Waals surface area contributed by atoms with Crippen LogP contribution in [-0.4, -0.2) is 15.1 Å². The predicted molar refractivity (Wildman–Crippen MR) is 85.4 cm³/mol. The first-order chi connectivity index (χ1) is 10.4. The lowest BCUT2D eigenvalue weighted by Gasteiger charge is -2.04. The molecule has 7 heteroatoms. The van der Waals surface area contributed by atoms with Crippen LogP contribution in [-0.2, 0) is 0 Å². The minimum Gasteiger partial charge on any atom is -0.350 e. The summed E-state index contributed by atoms with van der Waals surface area (Å²) in [6.45, 7) is 0. The van der Waals surface area contributed by atoms with Crippen molar-refractivity contribution >= 4 is 39.9 Å². The molecule has 5 nitrogen and oxygen atoms in total. The van der Waals surface area contributed by atoms with Crippen LogP contribution in [0, 0.1) is 0 Å². The summed E-state index contributed by atoms with van der Waals surface area (Å²) in [4.78, 5) is 7.40. The lowest BCUT2D eigenvalue weighted by molar-refractivity contribution is 0.418. The van der Waals surface area contributed by atoms with E-state index in [0.29, 0.717) is 5.82 Å². The topological polar surface area (TPSA) is 66.7 Å². The molecule has 0 aliphatic rings. The number of anilines is 1. The fourth-order valence-corrected chi connectivity index (χ4v) is 3.54. The number of fused-ring (bicyclic) bond motifs is 1. The highest BCUT2D eigenvalue weighted by Gasteiger charge is 2.10. The van der Waals surface area contributed by atoms with Crippen LogP contribution >= 0.6 is 23.3 Å². The van der Waals surface area contributed by atoms with E-state index in [1.807, 2.05) is 24.3 Å². The molecule has 104 valence electrons. The Morgan fingerprint density at radius 1 is 1.24 bits per heavy atom. The second-order valence-corrected chi connectivity index (χ2v) is 6.40. The van der Waals surface area contributed by atoms with Crippen molar-refractivity contribution in [2.24, 2.45) is 0 Å². The summed E-state index contributed by atoms with van der Waals surface area (Å²) in [6.07, 6.45) is 1.33. The number of hydrogen-bond donors (Lipinski definition) is 2. The maximum absolute atomic E-state index is 4.79. The van der Waals surface area contributed by atoms with Crippen molar-refractivity contribution in [3.63, 3.8) is 0 Å². The Hall–Kier alpha value is -2.25. The van der Waals surface area contributed by atoms with Gasteiger partial charge in [-0.3, -0.25) is 0 Å². The summed E-state index contributed by atoms with van der Waals surface area (Å²) in [6, 6.07) is 12.3. The minimum atomic E-state index is 0.558. The molecule has 0 atom stereocenters. The molecule has 0 spiro atoms. The van der Waals surface area contributed by atoms with Crippen LogP contribution in [0.25, 0.3) is 22.4 Å². The smallest absolute Gasteiger partial charge is 0.218 e. The van der Waals surface area contributed by atoms with Crippen LogP contribution in [0.15, 0.2) is 56.9 Å². The van der Waals surface area contributed by atoms with E-state index < -0.39 is 0 Å². The van der Waals surface area contributed by atoms with Crippen LogP contribution in [0.3, 0.4) is 0 Å². The van der Waals surface area contributed by atoms with E-state index in [9.17, 15) is 0 Å². The lowest BCUT2D eigenvalue weighted by Crippen LogP contribution is -1.87. The summed E-state index contributed by atoms with van der Waals surface area (Å²) in [7, 11) is 0. The van der Waals surface area contributed by atoms with E-state index in [4.69, 9.17) is 4.52 Å². The highest BCUT2D eigenvalue weighted by atomic mass is 32.2. The Morgan fingerprint density at radius 3 is 3.05 bits per heavy atom. The van der Waals surface area contributed by atoms with Gasteiger partial charge in [0.1, 0.15) is 0 Å². The van der Waals surface area contributed by atoms with Gasteiger partial charge in [-0.2, -0.15) is 4.98 Å². The van der Waals surface area contributed by atoms with Crippen LogP contribution < -0.4 is 4.72 Å². The zero-order valence-electron chi connectivity index (χ0n) is 10.7. The average Bonchev–Trinajstić information content (AvgIpc) is 3.23. The number of hydrogen-bond acceptors (Lipinski definition) is 6. The summed E-state index contributed by atoms with van der Waals surface area (Å²) < 4.78 is 9.39. The maximum atomic E-state index is 4.79. The molecule has 0 aliphatic carbocycles. The third-order valence-electron chi connectivity index (χ3n) is 3.02. The molecule has 3 aromatic heterocycles. The van der Waals surface area contributed by atoms with Gasteiger partial charge in [0.05, 0.1) is 21.1 Å². The minimum absolute atomic E-state index is 0.558. The third kappa shape index (κ3) is 2.41. The molecule has 0 unspecified atom stereocenters. The zero-order valence-corrected chi connectivity index (χ0v) is 12.4. The fraction of sp³-hybridized carbons (Fsp3) is 0. The van der Waals surface area contributed by atoms with Crippen LogP contribution in [0.4, 0.5) is 5.69 Å². The Kier molecular flexibility index (Phi) is 3.13. The molecule has 0 saturated carbocycles. The molecule has 2 N–H and O–H groups in total. The number of aromatic nitrogens is 3. The molecule has 0 saturated heterocycles. The fourth-order valence-electron chi connectivity index (χ4n) is 2.08. The second kappa shape index (κ2) is 5.27. The number of rotatable bonds is 4. The molecule has 4 rings (SSSR count). The molecule has 1 aromatic carbocycles. The van der Waals surface area contributed by atoms with Gasteiger partial charge in [0.2, 0.25) is 12.2 Å². The van der Waals surface area contributed by atoms with Gasteiger partial charge in [0.15, 0.2) is 0 Å². The molecular formula is C14H10N4OS2. The van der Waals surface area contributed by atoms with E-state index >= 15 is 0 Å². The van der Waals surface area contributed by atoms with Gasteiger partial charge < -0.3 is 14.2 Å². The Balaban J connectivity index is 1.69. The highest BCUT2D eigenvalue weighted by Crippen LogP contribution is 2.31. The van der Waals surface area contributed by atoms with Crippen LogP contribution in [0.2, 0.25) is 0 Å². The summed E-state index contributed by atoms with van der Waals surface area (Å²) in [5.74, 6) is 0.558. The van der Waals surface area contributed by atoms with Crippen molar-refractivity contribution in [3.8, 4) is 11.5 Å². The summed E-state index contributed by atoms with van der Waals surface area (Å²) in [5, 5.41) is 7.02. The van der Waals surface area contributed by atoms with Crippen LogP contribution in [0.5, 0.6) is 0 Å². The number of benzene rings is 1. The number of aromatic amines is 1. The lowest BCUT2D eigenvalue weighted by atomic mass is 10.2. The maximum Gasteiger partial charge on any atom is 0.218 e. The Labute approximate surface area is 128 Å². The monoisotopic (exact) mass is 314 g/mol. The number of para-hydroxylation sites is 1. The summed E-state index contributed by atoms with van der Waals surface area (Å²) >= 11 is 3.31. The standard InChI is InChI=1S/C14H10N4OS2/c1-3-9-7-11(14-15-8-19-17-14)16-13(9)10(4-1)18-21-12-5-2-6-20-12/h1-8,16,18H. The van der Waals surface area contributed by atoms with E-state index in [-0.39, 0.29) is 0 Å². The normalized spacial score (nSPS) is 11.0. The predicted octanol–water partition coefficient (Wildman–Crippen LogP) is 4.40. The van der Waals surface area contributed by atoms with E-state index in [2.05, 4.69) is 37.4 Å². The van der Waals surface area contributed by atoms with Crippen molar-refractivity contribution < 1.29 is 4.52 Å². The SMILES string of the molecule is c1csc(SNc2cccc3cc(-c4ncon4)[nH]c23)c1. The van der Waals surface area contributed by atoms with E-state index in [1.165, 1.54) is 10.6 Å². The van der Waals surface area contributed by atoms with E-state index in [1.54, 1.807) is 23.3 Å². The highest BCUT2D eigenvalue weighted by molar-refractivity contribution is 8.02. The second-order valence-electron chi connectivity index (χ2n) is 4.34. The third-order valence-corrected chi connectivity index (χ3v) is 4.87. The molecule has 21 heavy (non-hydrogen) atoms. The molecule has 3 heterocycles. The molecule has 4 aromatic rings.